The van der Waals surface area contributed by atoms with E-state index in [9.17, 15) is 0 Å². The summed E-state index contributed by atoms with van der Waals surface area (Å²) in [6.45, 7) is 6.72. The largest absolute Gasteiger partial charge is 0.265 e. The number of hydrogen-bond acceptors (Lipinski definition) is 1. The molecular weight excluding hydrogens is 206 g/mol. The highest BCUT2D eigenvalue weighted by atomic mass is 14.6. The monoisotopic (exact) mass is 225 g/mol. The van der Waals surface area contributed by atoms with E-state index in [2.05, 4.69) is 62.2 Å². The van der Waals surface area contributed by atoms with E-state index >= 15 is 0 Å². The third kappa shape index (κ3) is 3.16. The van der Waals surface area contributed by atoms with Crippen LogP contribution >= 0.6 is 0 Å². The van der Waals surface area contributed by atoms with E-state index in [-0.39, 0.29) is 5.41 Å². The summed E-state index contributed by atoms with van der Waals surface area (Å²) in [5, 5.41) is 0. The minimum Gasteiger partial charge on any atom is -0.265 e. The maximum Gasteiger partial charge on any atom is 0.0270 e. The number of pyridine rings is 1. The van der Waals surface area contributed by atoms with Crippen LogP contribution in [0.25, 0.3) is 0 Å². The standard InChI is InChI=1S/C16H19N/c1-16(2,3)15-6-4-13(5-7-15)12-14-8-10-17-11-9-14/h4-11H,12H2,1-3H3. The van der Waals surface area contributed by atoms with Crippen LogP contribution in [0.5, 0.6) is 0 Å². The molecule has 0 fully saturated rings. The van der Waals surface area contributed by atoms with Gasteiger partial charge in [0.1, 0.15) is 0 Å². The van der Waals surface area contributed by atoms with Crippen molar-refractivity contribution in [2.24, 2.45) is 0 Å². The molecule has 88 valence electrons. The van der Waals surface area contributed by atoms with Crippen molar-refractivity contribution in [3.05, 3.63) is 65.5 Å². The number of rotatable bonds is 2. The SMILES string of the molecule is CC(C)(C)c1ccc(Cc2ccncc2)cc1. The van der Waals surface area contributed by atoms with Gasteiger partial charge in [-0.25, -0.2) is 0 Å². The minimum absolute atomic E-state index is 0.231. The molecular formula is C16H19N. The molecule has 0 aliphatic carbocycles. The van der Waals surface area contributed by atoms with Gasteiger partial charge < -0.3 is 0 Å². The summed E-state index contributed by atoms with van der Waals surface area (Å²) in [7, 11) is 0. The predicted molar refractivity (Wildman–Crippen MR) is 72.2 cm³/mol. The van der Waals surface area contributed by atoms with E-state index in [4.69, 9.17) is 0 Å². The van der Waals surface area contributed by atoms with Gasteiger partial charge in [-0.05, 0) is 40.7 Å². The Bertz CT molecular complexity index is 463. The number of hydrogen-bond donors (Lipinski definition) is 0. The lowest BCUT2D eigenvalue weighted by Crippen LogP contribution is -2.10. The van der Waals surface area contributed by atoms with Crippen LogP contribution in [0.4, 0.5) is 0 Å². The van der Waals surface area contributed by atoms with Crippen LogP contribution in [0.2, 0.25) is 0 Å². The Morgan fingerprint density at radius 2 is 1.35 bits per heavy atom. The van der Waals surface area contributed by atoms with Crippen molar-refractivity contribution in [3.8, 4) is 0 Å². The van der Waals surface area contributed by atoms with E-state index in [1.165, 1.54) is 16.7 Å². The number of benzene rings is 1. The highest BCUT2D eigenvalue weighted by Gasteiger charge is 2.12. The molecule has 0 spiro atoms. The van der Waals surface area contributed by atoms with Crippen LogP contribution < -0.4 is 0 Å². The van der Waals surface area contributed by atoms with Crippen molar-refractivity contribution in [1.82, 2.24) is 4.98 Å². The normalized spacial score (nSPS) is 11.5. The van der Waals surface area contributed by atoms with Gasteiger partial charge in [0.25, 0.3) is 0 Å². The summed E-state index contributed by atoms with van der Waals surface area (Å²) in [5.74, 6) is 0. The van der Waals surface area contributed by atoms with E-state index < -0.39 is 0 Å². The van der Waals surface area contributed by atoms with Gasteiger partial charge in [0.05, 0.1) is 0 Å². The fourth-order valence-electron chi connectivity index (χ4n) is 1.86. The zero-order valence-corrected chi connectivity index (χ0v) is 10.8. The Kier molecular flexibility index (Phi) is 3.28. The van der Waals surface area contributed by atoms with Gasteiger partial charge in [0.2, 0.25) is 0 Å². The van der Waals surface area contributed by atoms with Crippen LogP contribution in [0.3, 0.4) is 0 Å². The maximum absolute atomic E-state index is 4.03. The summed E-state index contributed by atoms with van der Waals surface area (Å²) in [6, 6.07) is 13.0. The van der Waals surface area contributed by atoms with Gasteiger partial charge in [-0.15, -0.1) is 0 Å². The molecule has 17 heavy (non-hydrogen) atoms. The Balaban J connectivity index is 2.14. The van der Waals surface area contributed by atoms with E-state index in [0.29, 0.717) is 0 Å². The van der Waals surface area contributed by atoms with Crippen molar-refractivity contribution < 1.29 is 0 Å². The molecule has 0 aliphatic heterocycles. The molecule has 0 unspecified atom stereocenters. The number of nitrogens with zero attached hydrogens (tertiary/aromatic N) is 1. The lowest BCUT2D eigenvalue weighted by Gasteiger charge is -2.19. The first kappa shape index (κ1) is 11.8. The molecule has 0 N–H and O–H groups in total. The summed E-state index contributed by atoms with van der Waals surface area (Å²) >= 11 is 0. The van der Waals surface area contributed by atoms with E-state index in [1.807, 2.05) is 12.4 Å². The summed E-state index contributed by atoms with van der Waals surface area (Å²) in [5.41, 5.74) is 4.28. The molecule has 1 heteroatoms. The number of aromatic nitrogens is 1. The molecule has 2 rings (SSSR count). The fourth-order valence-corrected chi connectivity index (χ4v) is 1.86. The second kappa shape index (κ2) is 4.70. The Morgan fingerprint density at radius 1 is 0.824 bits per heavy atom. The first-order valence-corrected chi connectivity index (χ1v) is 6.04. The molecule has 0 saturated heterocycles. The van der Waals surface area contributed by atoms with Crippen LogP contribution in [0.1, 0.15) is 37.5 Å². The van der Waals surface area contributed by atoms with Gasteiger partial charge in [0, 0.05) is 12.4 Å². The zero-order valence-electron chi connectivity index (χ0n) is 10.8. The lowest BCUT2D eigenvalue weighted by molar-refractivity contribution is 0.590. The molecule has 0 bridgehead atoms. The molecule has 1 nitrogen and oxygen atoms in total. The van der Waals surface area contributed by atoms with Gasteiger partial charge in [-0.1, -0.05) is 45.0 Å². The second-order valence-corrected chi connectivity index (χ2v) is 5.48. The second-order valence-electron chi connectivity index (χ2n) is 5.48. The topological polar surface area (TPSA) is 12.9 Å². The van der Waals surface area contributed by atoms with Crippen LogP contribution in [-0.4, -0.2) is 4.98 Å². The molecule has 0 amide bonds. The third-order valence-corrected chi connectivity index (χ3v) is 2.98. The summed E-state index contributed by atoms with van der Waals surface area (Å²) in [4.78, 5) is 4.03. The third-order valence-electron chi connectivity index (χ3n) is 2.98. The first-order valence-electron chi connectivity index (χ1n) is 6.04. The summed E-state index contributed by atoms with van der Waals surface area (Å²) in [6.07, 6.45) is 4.67. The molecule has 1 aromatic carbocycles. The Hall–Kier alpha value is -1.63. The van der Waals surface area contributed by atoms with Crippen molar-refractivity contribution in [2.45, 2.75) is 32.6 Å². The molecule has 0 saturated carbocycles. The molecule has 1 heterocycles. The van der Waals surface area contributed by atoms with E-state index in [1.54, 1.807) is 0 Å². The smallest absolute Gasteiger partial charge is 0.0270 e. The van der Waals surface area contributed by atoms with Crippen LogP contribution in [0.15, 0.2) is 48.8 Å². The lowest BCUT2D eigenvalue weighted by atomic mass is 9.86. The fraction of sp³-hybridized carbons (Fsp3) is 0.312. The van der Waals surface area contributed by atoms with Gasteiger partial charge >= 0.3 is 0 Å². The quantitative estimate of drug-likeness (QED) is 0.753. The predicted octanol–water partition coefficient (Wildman–Crippen LogP) is 3.97. The molecule has 1 aromatic heterocycles. The van der Waals surface area contributed by atoms with Crippen molar-refractivity contribution in [1.29, 1.82) is 0 Å². The van der Waals surface area contributed by atoms with Crippen molar-refractivity contribution in [3.63, 3.8) is 0 Å². The average Bonchev–Trinajstić information content (AvgIpc) is 2.30. The Morgan fingerprint density at radius 3 is 1.88 bits per heavy atom. The molecule has 0 aliphatic rings. The highest BCUT2D eigenvalue weighted by molar-refractivity contribution is 5.30. The van der Waals surface area contributed by atoms with Crippen LogP contribution in [-0.2, 0) is 11.8 Å². The zero-order chi connectivity index (χ0) is 12.3. The minimum atomic E-state index is 0.231. The maximum atomic E-state index is 4.03. The van der Waals surface area contributed by atoms with Gasteiger partial charge in [0.15, 0.2) is 0 Å². The van der Waals surface area contributed by atoms with Crippen molar-refractivity contribution >= 4 is 0 Å². The Labute approximate surface area is 104 Å². The van der Waals surface area contributed by atoms with Crippen LogP contribution in [0, 0.1) is 0 Å². The average molecular weight is 225 g/mol. The molecule has 0 radical (unpaired) electrons. The highest BCUT2D eigenvalue weighted by Crippen LogP contribution is 2.22. The molecule has 0 atom stereocenters. The summed E-state index contributed by atoms with van der Waals surface area (Å²) < 4.78 is 0. The van der Waals surface area contributed by atoms with Gasteiger partial charge in [-0.3, -0.25) is 4.98 Å². The first-order chi connectivity index (χ1) is 8.05. The van der Waals surface area contributed by atoms with Crippen molar-refractivity contribution in [2.75, 3.05) is 0 Å². The molecule has 2 aromatic rings. The van der Waals surface area contributed by atoms with E-state index in [0.717, 1.165) is 6.42 Å². The van der Waals surface area contributed by atoms with Gasteiger partial charge in [-0.2, -0.15) is 0 Å².